The Morgan fingerprint density at radius 2 is 1.83 bits per heavy atom. The first-order valence-electron chi connectivity index (χ1n) is 10.3. The third-order valence-corrected chi connectivity index (χ3v) is 6.81. The number of benzene rings is 2. The highest BCUT2D eigenvalue weighted by atomic mass is 35.5. The lowest BCUT2D eigenvalue weighted by atomic mass is 9.86. The molecule has 2 aromatic rings. The van der Waals surface area contributed by atoms with Crippen LogP contribution in [0.3, 0.4) is 0 Å². The third-order valence-electron chi connectivity index (χ3n) is 6.31. The first-order valence-corrected chi connectivity index (χ1v) is 11.1. The van der Waals surface area contributed by atoms with Crippen LogP contribution in [0.1, 0.15) is 55.7 Å². The van der Waals surface area contributed by atoms with E-state index in [0.29, 0.717) is 16.0 Å². The van der Waals surface area contributed by atoms with Crippen molar-refractivity contribution in [2.24, 2.45) is 11.0 Å². The fourth-order valence-corrected chi connectivity index (χ4v) is 5.38. The molecule has 2 aliphatic heterocycles. The van der Waals surface area contributed by atoms with Crippen LogP contribution in [-0.2, 0) is 0 Å². The first-order chi connectivity index (χ1) is 14.1. The van der Waals surface area contributed by atoms with Crippen molar-refractivity contribution in [3.63, 3.8) is 0 Å². The van der Waals surface area contributed by atoms with Crippen LogP contribution in [-0.4, -0.2) is 24.1 Å². The summed E-state index contributed by atoms with van der Waals surface area (Å²) in [4.78, 5) is 0. The minimum Gasteiger partial charge on any atom is -0.497 e. The summed E-state index contributed by atoms with van der Waals surface area (Å²) in [6.45, 7) is 0. The van der Waals surface area contributed by atoms with Gasteiger partial charge in [-0.1, -0.05) is 42.5 Å². The molecule has 3 aliphatic rings. The lowest BCUT2D eigenvalue weighted by Crippen LogP contribution is -2.46. The molecular formula is C23H24Cl2N2O2. The Kier molecular flexibility index (Phi) is 5.09. The molecule has 1 aliphatic carbocycles. The van der Waals surface area contributed by atoms with Gasteiger partial charge in [0.2, 0.25) is 0 Å². The minimum atomic E-state index is -0.0813. The fraction of sp³-hybridized carbons (Fsp3) is 0.435. The average Bonchev–Trinajstić information content (AvgIpc) is 3.20. The molecule has 0 radical (unpaired) electrons. The molecule has 0 amide bonds. The monoisotopic (exact) mass is 430 g/mol. The second-order valence-corrected chi connectivity index (χ2v) is 8.93. The summed E-state index contributed by atoms with van der Waals surface area (Å²) in [7, 11) is 1.68. The van der Waals surface area contributed by atoms with Gasteiger partial charge in [-0.05, 0) is 54.8 Å². The second kappa shape index (κ2) is 7.73. The van der Waals surface area contributed by atoms with Gasteiger partial charge in [0.15, 0.2) is 6.23 Å². The zero-order chi connectivity index (χ0) is 20.0. The molecule has 2 aromatic carbocycles. The standard InChI is InChI=1S/C23H24Cl2N2O2/c1-28-17-9-7-14(8-10-17)20-13-21-18-11-16(24)12-19(25)22(18)29-23(27(21)26-20)15-5-3-2-4-6-15/h7-12,15,21,23H,2-6,13H2,1H3. The van der Waals surface area contributed by atoms with Crippen LogP contribution in [0, 0.1) is 5.92 Å². The van der Waals surface area contributed by atoms with Gasteiger partial charge in [-0.3, -0.25) is 0 Å². The van der Waals surface area contributed by atoms with Crippen LogP contribution in [0.4, 0.5) is 0 Å². The highest BCUT2D eigenvalue weighted by molar-refractivity contribution is 6.35. The maximum atomic E-state index is 6.55. The summed E-state index contributed by atoms with van der Waals surface area (Å²) >= 11 is 12.9. The van der Waals surface area contributed by atoms with Gasteiger partial charge < -0.3 is 9.47 Å². The molecule has 4 nitrogen and oxygen atoms in total. The maximum absolute atomic E-state index is 6.55. The van der Waals surface area contributed by atoms with Gasteiger partial charge in [-0.25, -0.2) is 5.01 Å². The van der Waals surface area contributed by atoms with Crippen molar-refractivity contribution in [3.05, 3.63) is 57.6 Å². The molecule has 2 unspecified atom stereocenters. The number of rotatable bonds is 3. The van der Waals surface area contributed by atoms with E-state index in [1.165, 1.54) is 32.1 Å². The summed E-state index contributed by atoms with van der Waals surface area (Å²) in [5, 5.41) is 8.44. The Balaban J connectivity index is 1.54. The lowest BCUT2D eigenvalue weighted by molar-refractivity contribution is -0.0642. The zero-order valence-electron chi connectivity index (χ0n) is 16.4. The Morgan fingerprint density at radius 3 is 2.55 bits per heavy atom. The smallest absolute Gasteiger partial charge is 0.190 e. The van der Waals surface area contributed by atoms with Crippen LogP contribution < -0.4 is 9.47 Å². The van der Waals surface area contributed by atoms with Crippen molar-refractivity contribution in [1.29, 1.82) is 0 Å². The molecule has 0 N–H and O–H groups in total. The van der Waals surface area contributed by atoms with Crippen molar-refractivity contribution in [1.82, 2.24) is 5.01 Å². The van der Waals surface area contributed by atoms with Gasteiger partial charge in [-0.15, -0.1) is 0 Å². The van der Waals surface area contributed by atoms with Gasteiger partial charge in [0.25, 0.3) is 0 Å². The maximum Gasteiger partial charge on any atom is 0.190 e. The second-order valence-electron chi connectivity index (χ2n) is 8.09. The molecule has 0 saturated heterocycles. The van der Waals surface area contributed by atoms with E-state index in [-0.39, 0.29) is 12.3 Å². The van der Waals surface area contributed by atoms with E-state index in [2.05, 4.69) is 17.1 Å². The largest absolute Gasteiger partial charge is 0.497 e. The molecule has 1 saturated carbocycles. The van der Waals surface area contributed by atoms with Gasteiger partial charge >= 0.3 is 0 Å². The molecular weight excluding hydrogens is 407 g/mol. The van der Waals surface area contributed by atoms with E-state index in [1.807, 2.05) is 18.2 Å². The van der Waals surface area contributed by atoms with Crippen molar-refractivity contribution < 1.29 is 9.47 Å². The van der Waals surface area contributed by atoms with E-state index >= 15 is 0 Å². The SMILES string of the molecule is COc1ccc(C2=NN3C(C2)c2cc(Cl)cc(Cl)c2OC3C2CCCCC2)cc1. The lowest BCUT2D eigenvalue weighted by Gasteiger charge is -2.43. The van der Waals surface area contributed by atoms with Gasteiger partial charge in [-0.2, -0.15) is 5.10 Å². The Labute approximate surface area is 181 Å². The van der Waals surface area contributed by atoms with Crippen LogP contribution >= 0.6 is 23.2 Å². The van der Waals surface area contributed by atoms with E-state index < -0.39 is 0 Å². The molecule has 0 aromatic heterocycles. The number of ether oxygens (including phenoxy) is 2. The highest BCUT2D eigenvalue weighted by Gasteiger charge is 2.44. The number of fused-ring (bicyclic) bond motifs is 3. The predicted molar refractivity (Wildman–Crippen MR) is 116 cm³/mol. The number of hydrogen-bond acceptors (Lipinski definition) is 4. The summed E-state index contributed by atoms with van der Waals surface area (Å²) in [6, 6.07) is 11.9. The molecule has 29 heavy (non-hydrogen) atoms. The van der Waals surface area contributed by atoms with Crippen molar-refractivity contribution >= 4 is 28.9 Å². The molecule has 5 rings (SSSR count). The van der Waals surface area contributed by atoms with Crippen molar-refractivity contribution in [3.8, 4) is 11.5 Å². The van der Waals surface area contributed by atoms with Gasteiger partial charge in [0.05, 0.1) is 23.9 Å². The van der Waals surface area contributed by atoms with Crippen LogP contribution in [0.15, 0.2) is 41.5 Å². The minimum absolute atomic E-state index is 0.0813. The summed E-state index contributed by atoms with van der Waals surface area (Å²) in [5.41, 5.74) is 3.20. The number of methoxy groups -OCH3 is 1. The van der Waals surface area contributed by atoms with Crippen molar-refractivity contribution in [2.45, 2.75) is 50.8 Å². The van der Waals surface area contributed by atoms with Crippen LogP contribution in [0.25, 0.3) is 0 Å². The normalized spacial score (nSPS) is 23.8. The van der Waals surface area contributed by atoms with E-state index in [4.69, 9.17) is 37.8 Å². The molecule has 6 heteroatoms. The Morgan fingerprint density at radius 1 is 1.07 bits per heavy atom. The van der Waals surface area contributed by atoms with Crippen LogP contribution in [0.5, 0.6) is 11.5 Å². The summed E-state index contributed by atoms with van der Waals surface area (Å²) < 4.78 is 11.8. The van der Waals surface area contributed by atoms with E-state index in [9.17, 15) is 0 Å². The van der Waals surface area contributed by atoms with E-state index in [1.54, 1.807) is 13.2 Å². The number of nitrogens with zero attached hydrogens (tertiary/aromatic N) is 2. The Bertz CT molecular complexity index is 939. The zero-order valence-corrected chi connectivity index (χ0v) is 17.9. The number of hydrogen-bond donors (Lipinski definition) is 0. The average molecular weight is 431 g/mol. The van der Waals surface area contributed by atoms with E-state index in [0.717, 1.165) is 34.8 Å². The number of halogens is 2. The first kappa shape index (κ1) is 19.1. The van der Waals surface area contributed by atoms with Crippen LogP contribution in [0.2, 0.25) is 10.0 Å². The summed E-state index contributed by atoms with van der Waals surface area (Å²) in [5.74, 6) is 2.08. The molecule has 0 bridgehead atoms. The molecule has 2 atom stereocenters. The molecule has 152 valence electrons. The van der Waals surface area contributed by atoms with Gasteiger partial charge in [0, 0.05) is 22.9 Å². The third kappa shape index (κ3) is 3.47. The topological polar surface area (TPSA) is 34.1 Å². The number of hydrazone groups is 1. The van der Waals surface area contributed by atoms with Crippen molar-refractivity contribution in [2.75, 3.05) is 7.11 Å². The Hall–Kier alpha value is -1.91. The van der Waals surface area contributed by atoms with Gasteiger partial charge in [0.1, 0.15) is 11.5 Å². The highest BCUT2D eigenvalue weighted by Crippen LogP contribution is 2.49. The molecule has 0 spiro atoms. The molecule has 1 fully saturated rings. The summed E-state index contributed by atoms with van der Waals surface area (Å²) in [6.07, 6.45) is 6.87. The predicted octanol–water partition coefficient (Wildman–Crippen LogP) is 6.45. The quantitative estimate of drug-likeness (QED) is 0.560. The molecule has 2 heterocycles. The fourth-order valence-electron chi connectivity index (χ4n) is 4.83.